The van der Waals surface area contributed by atoms with Gasteiger partial charge in [0.25, 0.3) is 0 Å². The van der Waals surface area contributed by atoms with E-state index >= 15 is 0 Å². The zero-order valence-corrected chi connectivity index (χ0v) is 12.5. The highest BCUT2D eigenvalue weighted by Crippen LogP contribution is 2.24. The molecule has 0 aliphatic rings. The Labute approximate surface area is 116 Å². The van der Waals surface area contributed by atoms with Crippen LogP contribution in [0.2, 0.25) is 0 Å². The third kappa shape index (κ3) is 3.98. The van der Waals surface area contributed by atoms with Gasteiger partial charge in [-0.1, -0.05) is 33.8 Å². The predicted octanol–water partition coefficient (Wildman–Crippen LogP) is 3.60. The van der Waals surface area contributed by atoms with Crippen LogP contribution in [0.5, 0.6) is 0 Å². The predicted molar refractivity (Wildman–Crippen MR) is 79.3 cm³/mol. The van der Waals surface area contributed by atoms with Crippen LogP contribution < -0.4 is 5.73 Å². The molecule has 0 aliphatic carbocycles. The summed E-state index contributed by atoms with van der Waals surface area (Å²) in [6.45, 7) is 8.81. The summed E-state index contributed by atoms with van der Waals surface area (Å²) in [7, 11) is 0. The summed E-state index contributed by atoms with van der Waals surface area (Å²) in [6, 6.07) is 3.76. The normalized spacial score (nSPS) is 10.8. The number of hydrogen-bond donors (Lipinski definition) is 1. The van der Waals surface area contributed by atoms with Crippen molar-refractivity contribution in [2.45, 2.75) is 47.0 Å². The molecular formula is C16H25NO2. The number of nitrogens with two attached hydrogens (primary N) is 1. The Kier molecular flexibility index (Phi) is 5.87. The lowest BCUT2D eigenvalue weighted by molar-refractivity contribution is 0.0489. The highest BCUT2D eigenvalue weighted by atomic mass is 16.5. The van der Waals surface area contributed by atoms with Crippen molar-refractivity contribution in [3.8, 4) is 0 Å². The van der Waals surface area contributed by atoms with Crippen LogP contribution in [0.25, 0.3) is 0 Å². The number of anilines is 1. The molecule has 0 aromatic heterocycles. The first-order valence-electron chi connectivity index (χ1n) is 7.08. The van der Waals surface area contributed by atoms with Gasteiger partial charge in [-0.25, -0.2) is 4.79 Å². The van der Waals surface area contributed by atoms with E-state index in [4.69, 9.17) is 10.5 Å². The Bertz CT molecular complexity index is 439. The molecule has 3 heteroatoms. The van der Waals surface area contributed by atoms with Crippen molar-refractivity contribution in [3.63, 3.8) is 0 Å². The summed E-state index contributed by atoms with van der Waals surface area (Å²) in [6.07, 6.45) is 2.64. The van der Waals surface area contributed by atoms with E-state index in [-0.39, 0.29) is 5.97 Å². The van der Waals surface area contributed by atoms with Crippen LogP contribution >= 0.6 is 0 Å². The smallest absolute Gasteiger partial charge is 0.340 e. The third-order valence-electron chi connectivity index (χ3n) is 3.34. The highest BCUT2D eigenvalue weighted by molar-refractivity contribution is 5.96. The van der Waals surface area contributed by atoms with E-state index in [1.165, 1.54) is 5.56 Å². The number of ether oxygens (including phenoxy) is 1. The van der Waals surface area contributed by atoms with Crippen molar-refractivity contribution in [3.05, 3.63) is 28.8 Å². The number of aryl methyl sites for hydroxylation is 1. The van der Waals surface area contributed by atoms with Gasteiger partial charge < -0.3 is 10.5 Å². The number of rotatable bonds is 6. The molecule has 1 aromatic rings. The van der Waals surface area contributed by atoms with Gasteiger partial charge in [0, 0.05) is 5.69 Å². The molecule has 0 aliphatic heterocycles. The lowest BCUT2D eigenvalue weighted by Gasteiger charge is -2.14. The maximum absolute atomic E-state index is 12.0. The van der Waals surface area contributed by atoms with Gasteiger partial charge >= 0.3 is 5.97 Å². The number of benzene rings is 1. The van der Waals surface area contributed by atoms with Crippen LogP contribution in [0.15, 0.2) is 12.1 Å². The van der Waals surface area contributed by atoms with Gasteiger partial charge in [-0.2, -0.15) is 0 Å². The Morgan fingerprint density at radius 3 is 2.47 bits per heavy atom. The molecule has 0 spiro atoms. The van der Waals surface area contributed by atoms with Gasteiger partial charge in [0.15, 0.2) is 0 Å². The molecule has 1 aromatic carbocycles. The maximum atomic E-state index is 12.0. The van der Waals surface area contributed by atoms with Crippen LogP contribution in [0.3, 0.4) is 0 Å². The van der Waals surface area contributed by atoms with E-state index < -0.39 is 0 Å². The quantitative estimate of drug-likeness (QED) is 0.630. The molecule has 0 saturated heterocycles. The first-order chi connectivity index (χ1) is 9.01. The van der Waals surface area contributed by atoms with Gasteiger partial charge in [-0.3, -0.25) is 0 Å². The molecule has 106 valence electrons. The molecule has 0 radical (unpaired) electrons. The van der Waals surface area contributed by atoms with Gasteiger partial charge in [-0.15, -0.1) is 0 Å². The van der Waals surface area contributed by atoms with E-state index in [0.29, 0.717) is 23.8 Å². The van der Waals surface area contributed by atoms with E-state index in [1.54, 1.807) is 6.07 Å². The third-order valence-corrected chi connectivity index (χ3v) is 3.34. The first-order valence-corrected chi connectivity index (χ1v) is 7.08. The van der Waals surface area contributed by atoms with Crippen LogP contribution in [0, 0.1) is 5.92 Å². The Hall–Kier alpha value is -1.51. The Balaban J connectivity index is 2.86. The van der Waals surface area contributed by atoms with Crippen molar-refractivity contribution in [1.29, 1.82) is 0 Å². The Morgan fingerprint density at radius 1 is 1.26 bits per heavy atom. The van der Waals surface area contributed by atoms with Crippen LogP contribution in [-0.4, -0.2) is 12.6 Å². The van der Waals surface area contributed by atoms with Crippen LogP contribution in [0.4, 0.5) is 5.69 Å². The van der Waals surface area contributed by atoms with E-state index in [1.807, 2.05) is 6.07 Å². The van der Waals surface area contributed by atoms with E-state index in [2.05, 4.69) is 27.7 Å². The van der Waals surface area contributed by atoms with Gasteiger partial charge in [-0.05, 0) is 42.4 Å². The number of nitrogen functional groups attached to an aromatic ring is 1. The number of hydrogen-bond acceptors (Lipinski definition) is 3. The van der Waals surface area contributed by atoms with Crippen molar-refractivity contribution < 1.29 is 9.53 Å². The minimum Gasteiger partial charge on any atom is -0.462 e. The minimum absolute atomic E-state index is 0.310. The van der Waals surface area contributed by atoms with Crippen LogP contribution in [0.1, 0.15) is 55.6 Å². The largest absolute Gasteiger partial charge is 0.462 e. The summed E-state index contributed by atoms with van der Waals surface area (Å²) in [4.78, 5) is 12.0. The molecule has 1 rings (SSSR count). The fourth-order valence-corrected chi connectivity index (χ4v) is 2.10. The van der Waals surface area contributed by atoms with E-state index in [9.17, 15) is 4.79 Å². The number of carbonyl (C=O) groups excluding carboxylic acids is 1. The summed E-state index contributed by atoms with van der Waals surface area (Å²) < 4.78 is 5.27. The molecule has 0 saturated carbocycles. The van der Waals surface area contributed by atoms with E-state index in [0.717, 1.165) is 24.8 Å². The SMILES string of the molecule is CCc1ccc(C(=O)OCCC(C)C)c(N)c1CC. The second-order valence-electron chi connectivity index (χ2n) is 5.19. The summed E-state index contributed by atoms with van der Waals surface area (Å²) in [5, 5.41) is 0. The molecule has 0 unspecified atom stereocenters. The van der Waals surface area contributed by atoms with Crippen molar-refractivity contribution >= 4 is 11.7 Å². The van der Waals surface area contributed by atoms with Gasteiger partial charge in [0.2, 0.25) is 0 Å². The topological polar surface area (TPSA) is 52.3 Å². The van der Waals surface area contributed by atoms with Crippen molar-refractivity contribution in [1.82, 2.24) is 0 Å². The first kappa shape index (κ1) is 15.5. The molecule has 0 bridgehead atoms. The molecule has 0 fully saturated rings. The van der Waals surface area contributed by atoms with Crippen molar-refractivity contribution in [2.24, 2.45) is 5.92 Å². The minimum atomic E-state index is -0.310. The maximum Gasteiger partial charge on any atom is 0.340 e. The van der Waals surface area contributed by atoms with Gasteiger partial charge in [0.1, 0.15) is 0 Å². The zero-order chi connectivity index (χ0) is 14.4. The zero-order valence-electron chi connectivity index (χ0n) is 12.5. The second-order valence-corrected chi connectivity index (χ2v) is 5.19. The second kappa shape index (κ2) is 7.17. The monoisotopic (exact) mass is 263 g/mol. The molecular weight excluding hydrogens is 238 g/mol. The summed E-state index contributed by atoms with van der Waals surface area (Å²) in [5.74, 6) is 0.217. The molecule has 2 N–H and O–H groups in total. The molecule has 0 amide bonds. The highest BCUT2D eigenvalue weighted by Gasteiger charge is 2.15. The molecule has 0 heterocycles. The average Bonchev–Trinajstić information content (AvgIpc) is 2.37. The number of carbonyl (C=O) groups is 1. The van der Waals surface area contributed by atoms with Crippen molar-refractivity contribution in [2.75, 3.05) is 12.3 Å². The fourth-order valence-electron chi connectivity index (χ4n) is 2.10. The average molecular weight is 263 g/mol. The molecule has 0 atom stereocenters. The lowest BCUT2D eigenvalue weighted by Crippen LogP contribution is -2.12. The summed E-state index contributed by atoms with van der Waals surface area (Å²) in [5.41, 5.74) is 9.46. The van der Waals surface area contributed by atoms with Gasteiger partial charge in [0.05, 0.1) is 12.2 Å². The fraction of sp³-hybridized carbons (Fsp3) is 0.562. The van der Waals surface area contributed by atoms with Crippen LogP contribution in [-0.2, 0) is 17.6 Å². The number of esters is 1. The molecule has 3 nitrogen and oxygen atoms in total. The standard InChI is InChI=1S/C16H25NO2/c1-5-12-7-8-14(15(17)13(12)6-2)16(18)19-10-9-11(3)4/h7-8,11H,5-6,9-10,17H2,1-4H3. The Morgan fingerprint density at radius 2 is 1.95 bits per heavy atom. The summed E-state index contributed by atoms with van der Waals surface area (Å²) >= 11 is 0. The molecule has 19 heavy (non-hydrogen) atoms. The lowest BCUT2D eigenvalue weighted by atomic mass is 9.97.